The predicted molar refractivity (Wildman–Crippen MR) is 145 cm³/mol. The molecule has 1 aliphatic heterocycles. The van der Waals surface area contributed by atoms with Crippen LogP contribution in [-0.4, -0.2) is 0 Å². The van der Waals surface area contributed by atoms with Crippen LogP contribution in [0.5, 0.6) is 11.5 Å². The summed E-state index contributed by atoms with van der Waals surface area (Å²) in [5, 5.41) is 3.65. The number of aryl methyl sites for hydroxylation is 1. The minimum atomic E-state index is 0.802. The fraction of sp³-hybridized carbons (Fsp3) is 0.0625. The Morgan fingerprint density at radius 1 is 0.765 bits per heavy atom. The minimum absolute atomic E-state index is 0.802. The van der Waals surface area contributed by atoms with Crippen molar-refractivity contribution >= 4 is 16.9 Å². The van der Waals surface area contributed by atoms with E-state index in [4.69, 9.17) is 4.74 Å². The maximum absolute atomic E-state index is 6.69. The Labute approximate surface area is 201 Å². The SMILES string of the molecule is C=C(/C=C\C=C/C)c1ccc2c(c1Nc1ccc(C)cc1)Oc1ccccc1-c1ccccc1-2. The zero-order valence-corrected chi connectivity index (χ0v) is 19.5. The van der Waals surface area contributed by atoms with E-state index in [2.05, 4.69) is 91.6 Å². The van der Waals surface area contributed by atoms with Gasteiger partial charge in [0.05, 0.1) is 5.69 Å². The third-order valence-electron chi connectivity index (χ3n) is 6.03. The molecular weight excluding hydrogens is 414 g/mol. The molecule has 1 N–H and O–H groups in total. The summed E-state index contributed by atoms with van der Waals surface area (Å²) in [5.74, 6) is 1.64. The van der Waals surface area contributed by atoms with Crippen LogP contribution < -0.4 is 10.1 Å². The van der Waals surface area contributed by atoms with Crippen LogP contribution >= 0.6 is 0 Å². The van der Waals surface area contributed by atoms with Gasteiger partial charge in [-0.2, -0.15) is 0 Å². The van der Waals surface area contributed by atoms with E-state index in [1.165, 1.54) is 5.56 Å². The van der Waals surface area contributed by atoms with Crippen molar-refractivity contribution in [2.45, 2.75) is 13.8 Å². The average molecular weight is 442 g/mol. The monoisotopic (exact) mass is 441 g/mol. The van der Waals surface area contributed by atoms with Gasteiger partial charge in [-0.3, -0.25) is 0 Å². The van der Waals surface area contributed by atoms with Crippen LogP contribution in [0, 0.1) is 6.92 Å². The molecule has 0 atom stereocenters. The number of fused-ring (bicyclic) bond motifs is 5. The van der Waals surface area contributed by atoms with E-state index in [9.17, 15) is 0 Å². The zero-order chi connectivity index (χ0) is 23.5. The van der Waals surface area contributed by atoms with E-state index >= 15 is 0 Å². The van der Waals surface area contributed by atoms with Crippen molar-refractivity contribution in [1.29, 1.82) is 0 Å². The summed E-state index contributed by atoms with van der Waals surface area (Å²) in [6, 6.07) is 29.4. The standard InChI is InChI=1S/C32H27NO/c1-4-5-6-11-23(3)25-20-21-29-27-13-8-7-12-26(27)28-14-9-10-15-30(28)34-32(29)31(25)33-24-18-16-22(2)17-19-24/h4-21,33H,3H2,1-2H3/b5-4-,11-6-. The van der Waals surface area contributed by atoms with Crippen molar-refractivity contribution in [3.8, 4) is 33.8 Å². The smallest absolute Gasteiger partial charge is 0.159 e. The minimum Gasteiger partial charge on any atom is -0.454 e. The van der Waals surface area contributed by atoms with Crippen LogP contribution in [-0.2, 0) is 0 Å². The lowest BCUT2D eigenvalue weighted by Crippen LogP contribution is -2.00. The molecule has 5 rings (SSSR count). The third-order valence-corrected chi connectivity index (χ3v) is 6.03. The highest BCUT2D eigenvalue weighted by Gasteiger charge is 2.24. The number of rotatable bonds is 5. The van der Waals surface area contributed by atoms with Gasteiger partial charge in [0.15, 0.2) is 5.75 Å². The fourth-order valence-electron chi connectivity index (χ4n) is 4.29. The van der Waals surface area contributed by atoms with Crippen molar-refractivity contribution in [3.63, 3.8) is 0 Å². The maximum Gasteiger partial charge on any atom is 0.159 e. The topological polar surface area (TPSA) is 21.3 Å². The number of hydrogen-bond donors (Lipinski definition) is 1. The van der Waals surface area contributed by atoms with Crippen LogP contribution in [0.1, 0.15) is 18.1 Å². The Hall–Kier alpha value is -4.30. The fourth-order valence-corrected chi connectivity index (χ4v) is 4.29. The van der Waals surface area contributed by atoms with Crippen molar-refractivity contribution in [3.05, 3.63) is 127 Å². The number of nitrogens with one attached hydrogen (secondary N) is 1. The number of anilines is 2. The Kier molecular flexibility index (Phi) is 5.88. The van der Waals surface area contributed by atoms with Crippen LogP contribution in [0.2, 0.25) is 0 Å². The Balaban J connectivity index is 1.75. The maximum atomic E-state index is 6.69. The Morgan fingerprint density at radius 3 is 2.18 bits per heavy atom. The van der Waals surface area contributed by atoms with E-state index in [1.807, 2.05) is 43.4 Å². The van der Waals surface area contributed by atoms with Crippen LogP contribution in [0.25, 0.3) is 27.8 Å². The van der Waals surface area contributed by atoms with Gasteiger partial charge >= 0.3 is 0 Å². The van der Waals surface area contributed by atoms with Crippen LogP contribution in [0.3, 0.4) is 0 Å². The van der Waals surface area contributed by atoms with Gasteiger partial charge in [0.1, 0.15) is 5.75 Å². The molecular formula is C32H27NO. The van der Waals surface area contributed by atoms with Gasteiger partial charge in [0.25, 0.3) is 0 Å². The van der Waals surface area contributed by atoms with Crippen molar-refractivity contribution in [2.75, 3.05) is 5.32 Å². The molecule has 4 aromatic rings. The lowest BCUT2D eigenvalue weighted by atomic mass is 9.92. The molecule has 0 bridgehead atoms. The molecule has 0 saturated carbocycles. The van der Waals surface area contributed by atoms with Gasteiger partial charge < -0.3 is 10.1 Å². The number of ether oxygens (including phenoxy) is 1. The first-order chi connectivity index (χ1) is 16.7. The summed E-state index contributed by atoms with van der Waals surface area (Å²) in [4.78, 5) is 0. The molecule has 0 spiro atoms. The molecule has 1 heterocycles. The van der Waals surface area contributed by atoms with E-state index in [0.717, 1.165) is 56.3 Å². The summed E-state index contributed by atoms with van der Waals surface area (Å²) >= 11 is 0. The number of para-hydroxylation sites is 1. The Bertz CT molecular complexity index is 1420. The highest BCUT2D eigenvalue weighted by molar-refractivity contribution is 5.97. The molecule has 34 heavy (non-hydrogen) atoms. The first kappa shape index (κ1) is 21.5. The molecule has 0 aromatic heterocycles. The molecule has 2 nitrogen and oxygen atoms in total. The Morgan fingerprint density at radius 2 is 1.44 bits per heavy atom. The second-order valence-electron chi connectivity index (χ2n) is 8.41. The average Bonchev–Trinajstić information content (AvgIpc) is 3.01. The third kappa shape index (κ3) is 4.06. The van der Waals surface area contributed by atoms with Crippen molar-refractivity contribution in [1.82, 2.24) is 0 Å². The quantitative estimate of drug-likeness (QED) is 0.274. The lowest BCUT2D eigenvalue weighted by Gasteiger charge is -2.20. The van der Waals surface area contributed by atoms with Crippen molar-refractivity contribution < 1.29 is 4.74 Å². The van der Waals surface area contributed by atoms with Gasteiger partial charge in [-0.25, -0.2) is 0 Å². The first-order valence-corrected chi connectivity index (χ1v) is 11.5. The van der Waals surface area contributed by atoms with E-state index in [0.29, 0.717) is 0 Å². The predicted octanol–water partition coefficient (Wildman–Crippen LogP) is 9.32. The zero-order valence-electron chi connectivity index (χ0n) is 19.5. The van der Waals surface area contributed by atoms with Gasteiger partial charge in [-0.05, 0) is 54.8 Å². The molecule has 0 saturated heterocycles. The molecule has 2 heteroatoms. The van der Waals surface area contributed by atoms with E-state index in [1.54, 1.807) is 0 Å². The summed E-state index contributed by atoms with van der Waals surface area (Å²) in [6.45, 7) is 8.45. The van der Waals surface area contributed by atoms with Crippen LogP contribution in [0.4, 0.5) is 11.4 Å². The summed E-state index contributed by atoms with van der Waals surface area (Å²) < 4.78 is 6.69. The summed E-state index contributed by atoms with van der Waals surface area (Å²) in [7, 11) is 0. The van der Waals surface area contributed by atoms with Crippen molar-refractivity contribution in [2.24, 2.45) is 0 Å². The molecule has 0 aliphatic carbocycles. The highest BCUT2D eigenvalue weighted by atomic mass is 16.5. The van der Waals surface area contributed by atoms with Gasteiger partial charge in [-0.15, -0.1) is 0 Å². The van der Waals surface area contributed by atoms with Gasteiger partial charge in [0.2, 0.25) is 0 Å². The second kappa shape index (κ2) is 9.29. The molecule has 0 radical (unpaired) electrons. The largest absolute Gasteiger partial charge is 0.454 e. The number of benzene rings is 4. The molecule has 0 unspecified atom stereocenters. The molecule has 0 amide bonds. The van der Waals surface area contributed by atoms with Gasteiger partial charge in [0, 0.05) is 22.4 Å². The first-order valence-electron chi connectivity index (χ1n) is 11.5. The number of hydrogen-bond acceptors (Lipinski definition) is 2. The van der Waals surface area contributed by atoms with E-state index in [-0.39, 0.29) is 0 Å². The number of allylic oxidation sites excluding steroid dienone is 5. The molecule has 0 fully saturated rings. The highest BCUT2D eigenvalue weighted by Crippen LogP contribution is 2.51. The van der Waals surface area contributed by atoms with E-state index < -0.39 is 0 Å². The van der Waals surface area contributed by atoms with Crippen LogP contribution in [0.15, 0.2) is 116 Å². The molecule has 1 aliphatic rings. The molecule has 4 aromatic carbocycles. The summed E-state index contributed by atoms with van der Waals surface area (Å²) in [5.41, 5.74) is 9.48. The molecule has 166 valence electrons. The second-order valence-corrected chi connectivity index (χ2v) is 8.41. The lowest BCUT2D eigenvalue weighted by molar-refractivity contribution is 0.490. The normalized spacial score (nSPS) is 11.9. The van der Waals surface area contributed by atoms with Gasteiger partial charge in [-0.1, -0.05) is 97.1 Å². The summed E-state index contributed by atoms with van der Waals surface area (Å²) in [6.07, 6.45) is 8.05.